The van der Waals surface area contributed by atoms with Crippen LogP contribution in [0.5, 0.6) is 11.5 Å². The lowest BCUT2D eigenvalue weighted by molar-refractivity contribution is 0.250. The molecular formula is C14H23BrClNO2. The third-order valence-electron chi connectivity index (χ3n) is 2.86. The fraction of sp³-hybridized carbons (Fsp3) is 0.571. The Morgan fingerprint density at radius 1 is 1.11 bits per heavy atom. The summed E-state index contributed by atoms with van der Waals surface area (Å²) in [7, 11) is 0. The zero-order chi connectivity index (χ0) is 13.5. The van der Waals surface area contributed by atoms with Gasteiger partial charge in [-0.3, -0.25) is 4.90 Å². The molecule has 0 aliphatic carbocycles. The van der Waals surface area contributed by atoms with Gasteiger partial charge in [0.25, 0.3) is 0 Å². The summed E-state index contributed by atoms with van der Waals surface area (Å²) in [5.41, 5.74) is 0.858. The van der Waals surface area contributed by atoms with E-state index < -0.39 is 0 Å². The summed E-state index contributed by atoms with van der Waals surface area (Å²) in [6.07, 6.45) is 2.81. The van der Waals surface area contributed by atoms with Gasteiger partial charge < -0.3 is 10.2 Å². The quantitative estimate of drug-likeness (QED) is 0.444. The molecule has 0 fully saturated rings. The number of phenolic OH excluding ortho intramolecular Hbond substituents is 2. The van der Waals surface area contributed by atoms with Gasteiger partial charge in [0.15, 0.2) is 11.5 Å². The third kappa shape index (κ3) is 6.02. The van der Waals surface area contributed by atoms with Crippen molar-refractivity contribution in [3.8, 4) is 11.5 Å². The maximum absolute atomic E-state index is 9.45. The lowest BCUT2D eigenvalue weighted by Crippen LogP contribution is -2.34. The smallest absolute Gasteiger partial charge is 0.157 e. The highest BCUT2D eigenvalue weighted by molar-refractivity contribution is 8.93. The molecule has 1 aromatic carbocycles. The van der Waals surface area contributed by atoms with Crippen molar-refractivity contribution in [2.75, 3.05) is 13.1 Å². The first kappa shape index (κ1) is 18.6. The van der Waals surface area contributed by atoms with Crippen LogP contribution < -0.4 is 0 Å². The number of halogens is 2. The van der Waals surface area contributed by atoms with Crippen LogP contribution in [0.4, 0.5) is 0 Å². The molecule has 2 N–H and O–H groups in total. The minimum absolute atomic E-state index is 0. The number of rotatable bonds is 7. The van der Waals surface area contributed by atoms with E-state index in [-0.39, 0.29) is 34.0 Å². The molecule has 110 valence electrons. The van der Waals surface area contributed by atoms with Crippen LogP contribution in [-0.2, 0) is 6.42 Å². The predicted octanol–water partition coefficient (Wildman–Crippen LogP) is 3.91. The Morgan fingerprint density at radius 3 is 2.16 bits per heavy atom. The van der Waals surface area contributed by atoms with Crippen LogP contribution in [0.1, 0.15) is 32.3 Å². The van der Waals surface area contributed by atoms with Gasteiger partial charge in [0.05, 0.1) is 5.50 Å². The van der Waals surface area contributed by atoms with Gasteiger partial charge >= 0.3 is 0 Å². The predicted molar refractivity (Wildman–Crippen MR) is 85.6 cm³/mol. The third-order valence-corrected chi connectivity index (χ3v) is 3.29. The summed E-state index contributed by atoms with van der Waals surface area (Å²) in [5, 5.41) is 18.7. The highest BCUT2D eigenvalue weighted by Gasteiger charge is 2.15. The maximum Gasteiger partial charge on any atom is 0.157 e. The standard InChI is InChI=1S/C14H22ClNO2.BrH/c1-3-7-16(8-4-2)14(15)10-11-5-6-12(17)13(18)9-11;/h5-6,9,14,17-18H,3-4,7-8,10H2,1-2H3;1H. The monoisotopic (exact) mass is 351 g/mol. The summed E-state index contributed by atoms with van der Waals surface area (Å²) in [6.45, 7) is 6.23. The van der Waals surface area contributed by atoms with Crippen molar-refractivity contribution in [3.05, 3.63) is 23.8 Å². The van der Waals surface area contributed by atoms with Crippen molar-refractivity contribution in [3.63, 3.8) is 0 Å². The summed E-state index contributed by atoms with van der Waals surface area (Å²) in [4.78, 5) is 2.24. The first-order valence-electron chi connectivity index (χ1n) is 6.47. The van der Waals surface area contributed by atoms with E-state index in [2.05, 4.69) is 18.7 Å². The van der Waals surface area contributed by atoms with Crippen molar-refractivity contribution in [2.24, 2.45) is 0 Å². The molecule has 0 heterocycles. The van der Waals surface area contributed by atoms with Gasteiger partial charge in [-0.25, -0.2) is 0 Å². The van der Waals surface area contributed by atoms with Crippen molar-refractivity contribution < 1.29 is 10.2 Å². The highest BCUT2D eigenvalue weighted by atomic mass is 79.9. The molecule has 1 rings (SSSR count). The minimum atomic E-state index is -0.0937. The summed E-state index contributed by atoms with van der Waals surface area (Å²) in [5.74, 6) is -0.183. The average molecular weight is 353 g/mol. The Kier molecular flexibility index (Phi) is 9.23. The number of hydrogen-bond acceptors (Lipinski definition) is 3. The van der Waals surface area contributed by atoms with E-state index in [1.807, 2.05) is 0 Å². The second-order valence-corrected chi connectivity index (χ2v) is 5.00. The molecule has 0 saturated heterocycles. The summed E-state index contributed by atoms with van der Waals surface area (Å²) in [6, 6.07) is 4.86. The fourth-order valence-electron chi connectivity index (χ4n) is 1.99. The van der Waals surface area contributed by atoms with Gasteiger partial charge in [0.1, 0.15) is 0 Å². The molecule has 0 radical (unpaired) electrons. The van der Waals surface area contributed by atoms with Crippen molar-refractivity contribution in [1.82, 2.24) is 4.90 Å². The Morgan fingerprint density at radius 2 is 1.68 bits per heavy atom. The lowest BCUT2D eigenvalue weighted by atomic mass is 10.1. The van der Waals surface area contributed by atoms with E-state index in [0.717, 1.165) is 31.5 Å². The lowest BCUT2D eigenvalue weighted by Gasteiger charge is -2.26. The molecule has 1 aromatic rings. The number of hydrogen-bond donors (Lipinski definition) is 2. The topological polar surface area (TPSA) is 43.7 Å². The normalized spacial score (nSPS) is 12.2. The molecule has 0 spiro atoms. The summed E-state index contributed by atoms with van der Waals surface area (Å²) >= 11 is 6.41. The average Bonchev–Trinajstić information content (AvgIpc) is 2.33. The van der Waals surface area contributed by atoms with Crippen molar-refractivity contribution >= 4 is 28.6 Å². The fourth-order valence-corrected chi connectivity index (χ4v) is 2.36. The van der Waals surface area contributed by atoms with E-state index in [9.17, 15) is 10.2 Å². The second kappa shape index (κ2) is 9.45. The van der Waals surface area contributed by atoms with Crippen LogP contribution >= 0.6 is 28.6 Å². The van der Waals surface area contributed by atoms with E-state index >= 15 is 0 Å². The van der Waals surface area contributed by atoms with Crippen LogP contribution in [0.2, 0.25) is 0 Å². The molecule has 0 amide bonds. The van der Waals surface area contributed by atoms with Crippen LogP contribution in [-0.4, -0.2) is 33.7 Å². The SMILES string of the molecule is Br.CCCN(CCC)C(Cl)Cc1ccc(O)c(O)c1. The molecule has 5 heteroatoms. The number of alkyl halides is 1. The van der Waals surface area contributed by atoms with E-state index in [4.69, 9.17) is 11.6 Å². The summed E-state index contributed by atoms with van der Waals surface area (Å²) < 4.78 is 0. The number of aromatic hydroxyl groups is 2. The Balaban J connectivity index is 0.00000324. The molecule has 1 atom stereocenters. The molecule has 1 unspecified atom stereocenters. The van der Waals surface area contributed by atoms with Gasteiger partial charge in [0, 0.05) is 6.42 Å². The largest absolute Gasteiger partial charge is 0.504 e. The number of benzene rings is 1. The minimum Gasteiger partial charge on any atom is -0.504 e. The van der Waals surface area contributed by atoms with Gasteiger partial charge in [-0.15, -0.1) is 28.6 Å². The Hall–Kier alpha value is -0.450. The van der Waals surface area contributed by atoms with E-state index in [0.29, 0.717) is 6.42 Å². The highest BCUT2D eigenvalue weighted by Crippen LogP contribution is 2.26. The molecular weight excluding hydrogens is 330 g/mol. The first-order chi connectivity index (χ1) is 8.58. The maximum atomic E-state index is 9.45. The van der Waals surface area contributed by atoms with Gasteiger partial charge in [0.2, 0.25) is 0 Å². The van der Waals surface area contributed by atoms with Gasteiger partial charge in [-0.05, 0) is 43.6 Å². The molecule has 0 saturated carbocycles. The zero-order valence-electron chi connectivity index (χ0n) is 11.5. The van der Waals surface area contributed by atoms with Crippen LogP contribution in [0.15, 0.2) is 18.2 Å². The van der Waals surface area contributed by atoms with E-state index in [1.54, 1.807) is 12.1 Å². The van der Waals surface area contributed by atoms with E-state index in [1.165, 1.54) is 6.07 Å². The number of phenols is 2. The first-order valence-corrected chi connectivity index (χ1v) is 6.91. The molecule has 0 aromatic heterocycles. The molecule has 0 aliphatic heterocycles. The molecule has 19 heavy (non-hydrogen) atoms. The zero-order valence-corrected chi connectivity index (χ0v) is 13.9. The van der Waals surface area contributed by atoms with Gasteiger partial charge in [-0.2, -0.15) is 0 Å². The second-order valence-electron chi connectivity index (χ2n) is 4.50. The van der Waals surface area contributed by atoms with Gasteiger partial charge in [-0.1, -0.05) is 19.9 Å². The van der Waals surface area contributed by atoms with Crippen molar-refractivity contribution in [2.45, 2.75) is 38.6 Å². The van der Waals surface area contributed by atoms with Crippen LogP contribution in [0.3, 0.4) is 0 Å². The Bertz CT molecular complexity index is 370. The Labute approximate surface area is 131 Å². The van der Waals surface area contributed by atoms with Crippen LogP contribution in [0, 0.1) is 0 Å². The number of nitrogens with zero attached hydrogens (tertiary/aromatic N) is 1. The van der Waals surface area contributed by atoms with Crippen LogP contribution in [0.25, 0.3) is 0 Å². The molecule has 0 bridgehead atoms. The van der Waals surface area contributed by atoms with Crippen molar-refractivity contribution in [1.29, 1.82) is 0 Å². The molecule has 3 nitrogen and oxygen atoms in total. The molecule has 0 aliphatic rings.